The van der Waals surface area contributed by atoms with Crippen molar-refractivity contribution in [2.24, 2.45) is 0 Å². The molecular weight excluding hydrogens is 288 g/mol. The first-order chi connectivity index (χ1) is 5.34. The summed E-state index contributed by atoms with van der Waals surface area (Å²) in [6.07, 6.45) is 3.75. The molecule has 0 atom stereocenters. The molecule has 0 bridgehead atoms. The summed E-state index contributed by atoms with van der Waals surface area (Å²) < 4.78 is 1.30. The number of alkyl halides is 1. The van der Waals surface area contributed by atoms with Crippen LogP contribution >= 0.6 is 43.2 Å². The highest BCUT2D eigenvalue weighted by Gasteiger charge is 1.99. The van der Waals surface area contributed by atoms with Gasteiger partial charge in [-0.05, 0) is 52.2 Å². The minimum absolute atomic E-state index is 1.12. The Kier molecular flexibility index (Phi) is 4.72. The van der Waals surface area contributed by atoms with Gasteiger partial charge in [0.25, 0.3) is 0 Å². The van der Waals surface area contributed by atoms with E-state index >= 15 is 0 Å². The van der Waals surface area contributed by atoms with Crippen LogP contribution in [0.5, 0.6) is 0 Å². The monoisotopic (exact) mass is 296 g/mol. The highest BCUT2D eigenvalue weighted by molar-refractivity contribution is 9.11. The van der Waals surface area contributed by atoms with E-state index in [1.54, 1.807) is 11.3 Å². The number of rotatable bonds is 4. The summed E-state index contributed by atoms with van der Waals surface area (Å²) in [5.41, 5.74) is 1.45. The van der Waals surface area contributed by atoms with Crippen LogP contribution < -0.4 is 0 Å². The summed E-state index contributed by atoms with van der Waals surface area (Å²) in [4.78, 5) is 0. The molecule has 0 nitrogen and oxygen atoms in total. The maximum absolute atomic E-state index is 3.53. The molecule has 0 aromatic carbocycles. The SMILES string of the molecule is BrCCCCc1ccsc1Br. The molecule has 1 heterocycles. The van der Waals surface area contributed by atoms with Crippen molar-refractivity contribution in [1.82, 2.24) is 0 Å². The lowest BCUT2D eigenvalue weighted by Gasteiger charge is -1.96. The van der Waals surface area contributed by atoms with Crippen molar-refractivity contribution < 1.29 is 0 Å². The maximum Gasteiger partial charge on any atom is 0.0730 e. The molecule has 0 fully saturated rings. The summed E-state index contributed by atoms with van der Waals surface area (Å²) in [5.74, 6) is 0. The van der Waals surface area contributed by atoms with Gasteiger partial charge in [0.05, 0.1) is 3.79 Å². The first-order valence-corrected chi connectivity index (χ1v) is 6.42. The molecule has 11 heavy (non-hydrogen) atoms. The van der Waals surface area contributed by atoms with Gasteiger partial charge in [0.2, 0.25) is 0 Å². The van der Waals surface area contributed by atoms with Crippen molar-refractivity contribution in [3.63, 3.8) is 0 Å². The predicted octanol–water partition coefficient (Wildman–Crippen LogP) is 4.23. The van der Waals surface area contributed by atoms with Crippen LogP contribution in [0.15, 0.2) is 15.2 Å². The molecule has 1 rings (SSSR count). The Morgan fingerprint density at radius 1 is 1.36 bits per heavy atom. The molecule has 0 saturated heterocycles. The van der Waals surface area contributed by atoms with Gasteiger partial charge in [0.15, 0.2) is 0 Å². The Bertz CT molecular complexity index is 208. The smallest absolute Gasteiger partial charge is 0.0730 e. The van der Waals surface area contributed by atoms with Gasteiger partial charge in [0.1, 0.15) is 0 Å². The molecule has 0 N–H and O–H groups in total. The van der Waals surface area contributed by atoms with Crippen molar-refractivity contribution in [2.45, 2.75) is 19.3 Å². The molecule has 0 unspecified atom stereocenters. The van der Waals surface area contributed by atoms with Crippen molar-refractivity contribution in [3.05, 3.63) is 20.8 Å². The number of hydrogen-bond acceptors (Lipinski definition) is 1. The third kappa shape index (κ3) is 3.26. The normalized spacial score (nSPS) is 10.4. The Labute approximate surface area is 88.3 Å². The van der Waals surface area contributed by atoms with E-state index in [-0.39, 0.29) is 0 Å². The molecule has 1 aromatic heterocycles. The van der Waals surface area contributed by atoms with E-state index in [0.717, 1.165) is 5.33 Å². The number of halogens is 2. The summed E-state index contributed by atoms with van der Waals surface area (Å²) in [7, 11) is 0. The molecule has 0 saturated carbocycles. The van der Waals surface area contributed by atoms with E-state index < -0.39 is 0 Å². The van der Waals surface area contributed by atoms with Crippen LogP contribution in [-0.4, -0.2) is 5.33 Å². The van der Waals surface area contributed by atoms with Crippen LogP contribution in [0.4, 0.5) is 0 Å². The zero-order valence-corrected chi connectivity index (χ0v) is 10.1. The maximum atomic E-state index is 3.53. The van der Waals surface area contributed by atoms with Gasteiger partial charge in [-0.3, -0.25) is 0 Å². The molecule has 0 spiro atoms. The van der Waals surface area contributed by atoms with Gasteiger partial charge in [-0.25, -0.2) is 0 Å². The van der Waals surface area contributed by atoms with Gasteiger partial charge in [0, 0.05) is 5.33 Å². The average Bonchev–Trinajstić information content (AvgIpc) is 2.37. The molecule has 62 valence electrons. The van der Waals surface area contributed by atoms with Crippen LogP contribution in [0.25, 0.3) is 0 Å². The van der Waals surface area contributed by atoms with Gasteiger partial charge in [-0.1, -0.05) is 15.9 Å². The quantitative estimate of drug-likeness (QED) is 0.576. The summed E-state index contributed by atoms with van der Waals surface area (Å²) in [6, 6.07) is 2.20. The molecule has 1 aromatic rings. The van der Waals surface area contributed by atoms with Crippen LogP contribution in [0.2, 0.25) is 0 Å². The van der Waals surface area contributed by atoms with E-state index in [1.165, 1.54) is 28.6 Å². The lowest BCUT2D eigenvalue weighted by Crippen LogP contribution is -1.83. The van der Waals surface area contributed by atoms with Crippen LogP contribution in [0.3, 0.4) is 0 Å². The molecule has 3 heteroatoms. The van der Waals surface area contributed by atoms with Crippen molar-refractivity contribution in [3.8, 4) is 0 Å². The fourth-order valence-electron chi connectivity index (χ4n) is 0.909. The molecule has 0 aliphatic heterocycles. The average molecular weight is 298 g/mol. The summed E-state index contributed by atoms with van der Waals surface area (Å²) in [5, 5.41) is 3.25. The third-order valence-corrected chi connectivity index (χ3v) is 3.89. The zero-order chi connectivity index (χ0) is 8.10. The second kappa shape index (κ2) is 5.33. The summed E-state index contributed by atoms with van der Waals surface area (Å²) in [6.45, 7) is 0. The van der Waals surface area contributed by atoms with E-state index in [9.17, 15) is 0 Å². The molecule has 0 amide bonds. The first kappa shape index (κ1) is 9.75. The minimum Gasteiger partial charge on any atom is -0.137 e. The zero-order valence-electron chi connectivity index (χ0n) is 6.15. The van der Waals surface area contributed by atoms with Gasteiger partial charge < -0.3 is 0 Å². The largest absolute Gasteiger partial charge is 0.137 e. The Morgan fingerprint density at radius 2 is 2.18 bits per heavy atom. The second-order valence-corrected chi connectivity index (χ2v) is 5.39. The van der Waals surface area contributed by atoms with E-state index in [0.29, 0.717) is 0 Å². The van der Waals surface area contributed by atoms with E-state index in [4.69, 9.17) is 0 Å². The van der Waals surface area contributed by atoms with Crippen molar-refractivity contribution in [2.75, 3.05) is 5.33 Å². The molecule has 0 aliphatic carbocycles. The Hall–Kier alpha value is 0.660. The van der Waals surface area contributed by atoms with Crippen LogP contribution in [0.1, 0.15) is 18.4 Å². The Morgan fingerprint density at radius 3 is 2.73 bits per heavy atom. The fraction of sp³-hybridized carbons (Fsp3) is 0.500. The number of hydrogen-bond donors (Lipinski definition) is 0. The van der Waals surface area contributed by atoms with Crippen molar-refractivity contribution in [1.29, 1.82) is 0 Å². The Balaban J connectivity index is 2.32. The summed E-state index contributed by atoms with van der Waals surface area (Å²) >= 11 is 8.72. The number of thiophene rings is 1. The van der Waals surface area contributed by atoms with Gasteiger partial charge >= 0.3 is 0 Å². The highest BCUT2D eigenvalue weighted by atomic mass is 79.9. The van der Waals surface area contributed by atoms with E-state index in [1.807, 2.05) is 0 Å². The lowest BCUT2D eigenvalue weighted by molar-refractivity contribution is 0.806. The fourth-order valence-corrected chi connectivity index (χ4v) is 2.63. The predicted molar refractivity (Wildman–Crippen MR) is 58.8 cm³/mol. The van der Waals surface area contributed by atoms with Crippen molar-refractivity contribution >= 4 is 43.2 Å². The molecular formula is C8H10Br2S. The molecule has 0 radical (unpaired) electrons. The lowest BCUT2D eigenvalue weighted by atomic mass is 10.2. The second-order valence-electron chi connectivity index (χ2n) is 2.37. The molecule has 0 aliphatic rings. The standard InChI is InChI=1S/C8H10Br2S/c9-5-2-1-3-7-4-6-11-8(7)10/h4,6H,1-3,5H2. The minimum atomic E-state index is 1.12. The third-order valence-electron chi connectivity index (χ3n) is 1.52. The first-order valence-electron chi connectivity index (χ1n) is 3.62. The van der Waals surface area contributed by atoms with Crippen LogP contribution in [-0.2, 0) is 6.42 Å². The topological polar surface area (TPSA) is 0 Å². The number of unbranched alkanes of at least 4 members (excludes halogenated alkanes) is 1. The highest BCUT2D eigenvalue weighted by Crippen LogP contribution is 2.24. The number of aryl methyl sites for hydroxylation is 1. The van der Waals surface area contributed by atoms with Gasteiger partial charge in [-0.15, -0.1) is 11.3 Å². The van der Waals surface area contributed by atoms with E-state index in [2.05, 4.69) is 43.3 Å². The van der Waals surface area contributed by atoms with Gasteiger partial charge in [-0.2, -0.15) is 0 Å². The van der Waals surface area contributed by atoms with Crippen LogP contribution in [0, 0.1) is 0 Å².